The van der Waals surface area contributed by atoms with Crippen LogP contribution in [0.25, 0.3) is 0 Å². The van der Waals surface area contributed by atoms with Crippen LogP contribution in [0, 0.1) is 5.92 Å². The Morgan fingerprint density at radius 2 is 2.04 bits per heavy atom. The Balaban J connectivity index is 1.72. The summed E-state index contributed by atoms with van der Waals surface area (Å²) < 4.78 is 0. The average Bonchev–Trinajstić information content (AvgIpc) is 3.21. The second-order valence-corrected chi connectivity index (χ2v) is 7.73. The summed E-state index contributed by atoms with van der Waals surface area (Å²) in [4.78, 5) is 14.8. The Labute approximate surface area is 166 Å². The second kappa shape index (κ2) is 7.55. The number of carbonyl (C=O) groups is 1. The van der Waals surface area contributed by atoms with Crippen molar-refractivity contribution in [3.8, 4) is 0 Å². The quantitative estimate of drug-likeness (QED) is 0.759. The van der Waals surface area contributed by atoms with E-state index < -0.39 is 0 Å². The average molecular weight is 374 g/mol. The molecule has 0 bridgehead atoms. The molecule has 1 heterocycles. The van der Waals surface area contributed by atoms with Crippen LogP contribution in [0.1, 0.15) is 39.9 Å². The van der Waals surface area contributed by atoms with E-state index in [0.29, 0.717) is 23.9 Å². The third-order valence-corrected chi connectivity index (χ3v) is 5.82. The van der Waals surface area contributed by atoms with E-state index in [0.717, 1.165) is 12.1 Å². The lowest BCUT2D eigenvalue weighted by Gasteiger charge is -2.38. The molecule has 2 aromatic rings. The summed E-state index contributed by atoms with van der Waals surface area (Å²) in [6, 6.07) is 14.9. The number of benzene rings is 2. The molecule has 0 saturated carbocycles. The number of nitrogens with zero attached hydrogens (tertiary/aromatic N) is 1. The molecule has 0 spiro atoms. The molecule has 0 fully saturated rings. The molecule has 0 aromatic heterocycles. The molecule has 1 aliphatic heterocycles. The van der Waals surface area contributed by atoms with Crippen LogP contribution in [-0.2, 0) is 0 Å². The van der Waals surface area contributed by atoms with Crippen LogP contribution in [0.3, 0.4) is 0 Å². The fourth-order valence-electron chi connectivity index (χ4n) is 4.38. The minimum Gasteiger partial charge on any atom is -0.378 e. The van der Waals surface area contributed by atoms with Crippen molar-refractivity contribution in [2.45, 2.75) is 18.4 Å². The number of allylic oxidation sites excluding steroid dienone is 2. The van der Waals surface area contributed by atoms with Crippen molar-refractivity contribution in [2.24, 2.45) is 5.92 Å². The second-order valence-electron chi connectivity index (χ2n) is 7.73. The Bertz CT molecular complexity index is 914. The molecule has 4 rings (SSSR count). The maximum Gasteiger partial charge on any atom is 0.253 e. The lowest BCUT2D eigenvalue weighted by Crippen LogP contribution is -2.32. The van der Waals surface area contributed by atoms with Gasteiger partial charge in [-0.1, -0.05) is 42.5 Å². The van der Waals surface area contributed by atoms with Gasteiger partial charge in [0.1, 0.15) is 0 Å². The van der Waals surface area contributed by atoms with Gasteiger partial charge in [0.25, 0.3) is 5.91 Å². The van der Waals surface area contributed by atoms with Gasteiger partial charge in [0, 0.05) is 32.2 Å². The Morgan fingerprint density at radius 1 is 1.25 bits per heavy atom. The Hall–Kier alpha value is -3.01. The molecule has 2 aliphatic rings. The molecular formula is C24H27N3O. The minimum atomic E-state index is -0.0635. The smallest absolute Gasteiger partial charge is 0.253 e. The van der Waals surface area contributed by atoms with E-state index in [-0.39, 0.29) is 11.9 Å². The number of fused-ring (bicyclic) bond motifs is 3. The van der Waals surface area contributed by atoms with E-state index in [2.05, 4.69) is 78.7 Å². The SMILES string of the molecule is C=CCNC(=O)c1cccc2c1NC(c1ccc(N(C)C)cc1)C1CC=CC21. The molecule has 3 atom stereocenters. The van der Waals surface area contributed by atoms with E-state index in [1.54, 1.807) is 6.08 Å². The maximum absolute atomic E-state index is 12.7. The van der Waals surface area contributed by atoms with E-state index in [1.807, 2.05) is 12.1 Å². The zero-order valence-electron chi connectivity index (χ0n) is 16.5. The van der Waals surface area contributed by atoms with E-state index in [9.17, 15) is 4.79 Å². The van der Waals surface area contributed by atoms with Gasteiger partial charge in [-0.25, -0.2) is 0 Å². The van der Waals surface area contributed by atoms with Crippen LogP contribution in [0.15, 0.2) is 67.3 Å². The number of amides is 1. The summed E-state index contributed by atoms with van der Waals surface area (Å²) in [7, 11) is 4.10. The maximum atomic E-state index is 12.7. The number of anilines is 2. The van der Waals surface area contributed by atoms with Crippen LogP contribution in [0.4, 0.5) is 11.4 Å². The van der Waals surface area contributed by atoms with Crippen LogP contribution < -0.4 is 15.5 Å². The van der Waals surface area contributed by atoms with Crippen molar-refractivity contribution in [2.75, 3.05) is 30.9 Å². The highest BCUT2D eigenvalue weighted by atomic mass is 16.1. The van der Waals surface area contributed by atoms with Crippen molar-refractivity contribution in [3.63, 3.8) is 0 Å². The van der Waals surface area contributed by atoms with Gasteiger partial charge in [-0.05, 0) is 41.7 Å². The first-order valence-electron chi connectivity index (χ1n) is 9.82. The van der Waals surface area contributed by atoms with Crippen molar-refractivity contribution in [3.05, 3.63) is 84.0 Å². The van der Waals surface area contributed by atoms with Crippen molar-refractivity contribution in [1.29, 1.82) is 0 Å². The fourth-order valence-corrected chi connectivity index (χ4v) is 4.38. The highest BCUT2D eigenvalue weighted by Crippen LogP contribution is 2.50. The molecule has 1 amide bonds. The topological polar surface area (TPSA) is 44.4 Å². The fraction of sp³-hybridized carbons (Fsp3) is 0.292. The monoisotopic (exact) mass is 373 g/mol. The van der Waals surface area contributed by atoms with Gasteiger partial charge in [0.2, 0.25) is 0 Å². The van der Waals surface area contributed by atoms with Gasteiger partial charge in [-0.3, -0.25) is 4.79 Å². The Kier molecular flexibility index (Phi) is 4.95. The molecule has 4 nitrogen and oxygen atoms in total. The summed E-state index contributed by atoms with van der Waals surface area (Å²) in [5, 5.41) is 6.63. The molecule has 2 N–H and O–H groups in total. The van der Waals surface area contributed by atoms with Crippen LogP contribution in [0.5, 0.6) is 0 Å². The summed E-state index contributed by atoms with van der Waals surface area (Å²) in [5.41, 5.74) is 5.32. The number of hydrogen-bond acceptors (Lipinski definition) is 3. The highest BCUT2D eigenvalue weighted by molar-refractivity contribution is 6.00. The Morgan fingerprint density at radius 3 is 2.75 bits per heavy atom. The van der Waals surface area contributed by atoms with Crippen molar-refractivity contribution in [1.82, 2.24) is 5.32 Å². The van der Waals surface area contributed by atoms with Crippen LogP contribution in [-0.4, -0.2) is 26.5 Å². The first-order valence-corrected chi connectivity index (χ1v) is 9.82. The number of nitrogens with one attached hydrogen (secondary N) is 2. The molecule has 28 heavy (non-hydrogen) atoms. The van der Waals surface area contributed by atoms with Crippen LogP contribution >= 0.6 is 0 Å². The predicted octanol–water partition coefficient (Wildman–Crippen LogP) is 4.49. The molecule has 4 heteroatoms. The normalized spacial score (nSPS) is 22.0. The van der Waals surface area contributed by atoms with E-state index in [1.165, 1.54) is 16.8 Å². The van der Waals surface area contributed by atoms with E-state index in [4.69, 9.17) is 0 Å². The third-order valence-electron chi connectivity index (χ3n) is 5.82. The first kappa shape index (κ1) is 18.4. The lowest BCUT2D eigenvalue weighted by molar-refractivity contribution is 0.0958. The van der Waals surface area contributed by atoms with Gasteiger partial charge < -0.3 is 15.5 Å². The van der Waals surface area contributed by atoms with Crippen molar-refractivity contribution < 1.29 is 4.79 Å². The largest absolute Gasteiger partial charge is 0.378 e. The molecule has 2 aromatic carbocycles. The zero-order valence-corrected chi connectivity index (χ0v) is 16.5. The number of hydrogen-bond donors (Lipinski definition) is 2. The number of carbonyl (C=O) groups excluding carboxylic acids is 1. The molecule has 1 aliphatic carbocycles. The minimum absolute atomic E-state index is 0.0635. The molecule has 144 valence electrons. The standard InChI is InChI=1S/C24H27N3O/c1-4-15-25-24(28)21-10-6-9-20-18-7-5-8-19(18)22(26-23(20)21)16-11-13-17(14-12-16)27(2)3/h4-7,9-14,18-19,22,26H,1,8,15H2,2-3H3,(H,25,28). The van der Waals surface area contributed by atoms with Crippen LogP contribution in [0.2, 0.25) is 0 Å². The number of rotatable bonds is 5. The predicted molar refractivity (Wildman–Crippen MR) is 116 cm³/mol. The molecule has 3 unspecified atom stereocenters. The van der Waals surface area contributed by atoms with Gasteiger partial charge in [-0.15, -0.1) is 6.58 Å². The first-order chi connectivity index (χ1) is 13.6. The van der Waals surface area contributed by atoms with Gasteiger partial charge >= 0.3 is 0 Å². The zero-order chi connectivity index (χ0) is 19.7. The molecule has 0 radical (unpaired) electrons. The van der Waals surface area contributed by atoms with Gasteiger partial charge in [0.15, 0.2) is 0 Å². The summed E-state index contributed by atoms with van der Waals surface area (Å²) in [6.45, 7) is 4.15. The highest BCUT2D eigenvalue weighted by Gasteiger charge is 2.39. The summed E-state index contributed by atoms with van der Waals surface area (Å²) in [6.07, 6.45) is 7.32. The summed E-state index contributed by atoms with van der Waals surface area (Å²) in [5.74, 6) is 0.734. The van der Waals surface area contributed by atoms with Crippen molar-refractivity contribution >= 4 is 17.3 Å². The van der Waals surface area contributed by atoms with E-state index >= 15 is 0 Å². The summed E-state index contributed by atoms with van der Waals surface area (Å²) >= 11 is 0. The van der Waals surface area contributed by atoms with Gasteiger partial charge in [-0.2, -0.15) is 0 Å². The molecular weight excluding hydrogens is 346 g/mol. The number of para-hydroxylation sites is 1. The molecule has 0 saturated heterocycles. The van der Waals surface area contributed by atoms with Gasteiger partial charge in [0.05, 0.1) is 17.3 Å². The third kappa shape index (κ3) is 3.19. The lowest BCUT2D eigenvalue weighted by atomic mass is 9.76.